The molecule has 0 radical (unpaired) electrons. The van der Waals surface area contributed by atoms with Gasteiger partial charge < -0.3 is 0 Å². The van der Waals surface area contributed by atoms with Crippen molar-refractivity contribution in [2.24, 2.45) is 24.8 Å². The smallest absolute Gasteiger partial charge is 0.186 e. The van der Waals surface area contributed by atoms with Gasteiger partial charge in [-0.25, -0.2) is 4.68 Å². The number of nitrogens with zero attached hydrogens (tertiary/aromatic N) is 3. The summed E-state index contributed by atoms with van der Waals surface area (Å²) in [6, 6.07) is 0. The van der Waals surface area contributed by atoms with Crippen LogP contribution in [0.25, 0.3) is 0 Å². The number of aryl methyl sites for hydroxylation is 1. The van der Waals surface area contributed by atoms with E-state index in [-0.39, 0.29) is 11.7 Å². The summed E-state index contributed by atoms with van der Waals surface area (Å²) >= 11 is 3.28. The molecule has 4 nitrogen and oxygen atoms in total. The normalized spacial score (nSPS) is 32.8. The number of Topliss-reactive ketones (excluding diaryl/α,β-unsaturated/α-hetero) is 1. The predicted molar refractivity (Wildman–Crippen MR) is 57.4 cm³/mol. The van der Waals surface area contributed by atoms with E-state index in [0.29, 0.717) is 10.3 Å². The zero-order valence-electron chi connectivity index (χ0n) is 8.48. The van der Waals surface area contributed by atoms with Crippen LogP contribution in [0.2, 0.25) is 0 Å². The molecule has 1 aromatic heterocycles. The standard InChI is InChI=1S/C10H12BrN3O/c1-14-8(10(11)12-13-14)9(15)7-3-5-2-6(5)4-7/h5-7H,2-4H2,1H3. The molecular weight excluding hydrogens is 258 g/mol. The van der Waals surface area contributed by atoms with Crippen molar-refractivity contribution < 1.29 is 4.79 Å². The van der Waals surface area contributed by atoms with Gasteiger partial charge in [-0.3, -0.25) is 4.79 Å². The molecule has 1 heterocycles. The van der Waals surface area contributed by atoms with Crippen LogP contribution in [0.4, 0.5) is 0 Å². The minimum Gasteiger partial charge on any atom is -0.292 e. The van der Waals surface area contributed by atoms with Crippen molar-refractivity contribution in [2.45, 2.75) is 19.3 Å². The summed E-state index contributed by atoms with van der Waals surface area (Å²) in [6.07, 6.45) is 3.48. The topological polar surface area (TPSA) is 47.8 Å². The molecule has 0 amide bonds. The van der Waals surface area contributed by atoms with Crippen molar-refractivity contribution in [1.29, 1.82) is 0 Å². The Morgan fingerprint density at radius 2 is 2.07 bits per heavy atom. The van der Waals surface area contributed by atoms with Crippen molar-refractivity contribution >= 4 is 21.7 Å². The van der Waals surface area contributed by atoms with Gasteiger partial charge in [-0.05, 0) is 47.0 Å². The largest absolute Gasteiger partial charge is 0.292 e. The molecule has 80 valence electrons. The van der Waals surface area contributed by atoms with Gasteiger partial charge in [-0.2, -0.15) is 0 Å². The highest BCUT2D eigenvalue weighted by molar-refractivity contribution is 9.10. The zero-order chi connectivity index (χ0) is 10.6. The summed E-state index contributed by atoms with van der Waals surface area (Å²) < 4.78 is 2.15. The van der Waals surface area contributed by atoms with Crippen molar-refractivity contribution in [2.75, 3.05) is 0 Å². The Labute approximate surface area is 96.2 Å². The average Bonchev–Trinajstić information content (AvgIpc) is 2.66. The summed E-state index contributed by atoms with van der Waals surface area (Å²) in [5.41, 5.74) is 0.626. The summed E-state index contributed by atoms with van der Waals surface area (Å²) in [5.74, 6) is 2.08. The van der Waals surface area contributed by atoms with E-state index in [1.807, 2.05) is 0 Å². The van der Waals surface area contributed by atoms with Gasteiger partial charge in [0.15, 0.2) is 10.4 Å². The molecule has 0 saturated heterocycles. The second-order valence-electron chi connectivity index (χ2n) is 4.64. The Morgan fingerprint density at radius 1 is 1.40 bits per heavy atom. The van der Waals surface area contributed by atoms with Crippen LogP contribution < -0.4 is 0 Å². The fraction of sp³-hybridized carbons (Fsp3) is 0.700. The van der Waals surface area contributed by atoms with Crippen LogP contribution in [-0.4, -0.2) is 20.8 Å². The molecule has 2 atom stereocenters. The third-order valence-electron chi connectivity index (χ3n) is 3.63. The lowest BCUT2D eigenvalue weighted by atomic mass is 9.96. The summed E-state index contributed by atoms with van der Waals surface area (Å²) in [4.78, 5) is 12.2. The molecule has 0 aliphatic heterocycles. The van der Waals surface area contributed by atoms with Crippen molar-refractivity contribution in [3.05, 3.63) is 10.3 Å². The van der Waals surface area contributed by atoms with E-state index in [9.17, 15) is 4.79 Å². The van der Waals surface area contributed by atoms with Gasteiger partial charge in [-0.1, -0.05) is 5.21 Å². The van der Waals surface area contributed by atoms with E-state index in [0.717, 1.165) is 24.7 Å². The lowest BCUT2D eigenvalue weighted by Gasteiger charge is -2.09. The second kappa shape index (κ2) is 3.14. The predicted octanol–water partition coefficient (Wildman–Crippen LogP) is 1.81. The molecule has 5 heteroatoms. The van der Waals surface area contributed by atoms with Crippen LogP contribution in [0, 0.1) is 17.8 Å². The van der Waals surface area contributed by atoms with Gasteiger partial charge in [-0.15, -0.1) is 5.10 Å². The van der Waals surface area contributed by atoms with Crippen LogP contribution in [0.1, 0.15) is 29.8 Å². The van der Waals surface area contributed by atoms with Gasteiger partial charge >= 0.3 is 0 Å². The van der Waals surface area contributed by atoms with E-state index < -0.39 is 0 Å². The number of aromatic nitrogens is 3. The number of carbonyl (C=O) groups is 1. The molecule has 2 saturated carbocycles. The highest BCUT2D eigenvalue weighted by Gasteiger charge is 2.48. The lowest BCUT2D eigenvalue weighted by molar-refractivity contribution is 0.0904. The second-order valence-corrected chi connectivity index (χ2v) is 5.39. The maximum atomic E-state index is 12.2. The first kappa shape index (κ1) is 9.51. The number of hydrogen-bond acceptors (Lipinski definition) is 3. The van der Waals surface area contributed by atoms with Crippen LogP contribution in [-0.2, 0) is 7.05 Å². The fourth-order valence-electron chi connectivity index (χ4n) is 2.72. The van der Waals surface area contributed by atoms with E-state index in [4.69, 9.17) is 0 Å². The monoisotopic (exact) mass is 269 g/mol. The van der Waals surface area contributed by atoms with Gasteiger partial charge in [0.1, 0.15) is 5.69 Å². The van der Waals surface area contributed by atoms with E-state index in [1.165, 1.54) is 6.42 Å². The highest BCUT2D eigenvalue weighted by atomic mass is 79.9. The summed E-state index contributed by atoms with van der Waals surface area (Å²) in [6.45, 7) is 0. The van der Waals surface area contributed by atoms with E-state index >= 15 is 0 Å². The number of ketones is 1. The number of hydrogen-bond donors (Lipinski definition) is 0. The minimum atomic E-state index is 0.210. The number of fused-ring (bicyclic) bond motifs is 1. The number of rotatable bonds is 2. The molecule has 0 N–H and O–H groups in total. The Hall–Kier alpha value is -0.710. The van der Waals surface area contributed by atoms with Gasteiger partial charge in [0.05, 0.1) is 0 Å². The zero-order valence-corrected chi connectivity index (χ0v) is 10.1. The van der Waals surface area contributed by atoms with E-state index in [1.54, 1.807) is 11.7 Å². The van der Waals surface area contributed by atoms with Crippen LogP contribution in [0.3, 0.4) is 0 Å². The number of carbonyl (C=O) groups excluding carboxylic acids is 1. The van der Waals surface area contributed by atoms with Gasteiger partial charge in [0, 0.05) is 13.0 Å². The SMILES string of the molecule is Cn1nnc(Br)c1C(=O)C1CC2CC2C1. The molecule has 0 spiro atoms. The molecule has 0 aromatic carbocycles. The summed E-state index contributed by atoms with van der Waals surface area (Å²) in [7, 11) is 1.76. The molecule has 0 bridgehead atoms. The quantitative estimate of drug-likeness (QED) is 0.770. The minimum absolute atomic E-state index is 0.210. The Morgan fingerprint density at radius 3 is 2.60 bits per heavy atom. The molecule has 2 aliphatic rings. The molecule has 1 aromatic rings. The van der Waals surface area contributed by atoms with Crippen LogP contribution in [0.15, 0.2) is 4.60 Å². The molecule has 2 unspecified atom stereocenters. The molecular formula is C10H12BrN3O. The Bertz CT molecular complexity index is 399. The summed E-state index contributed by atoms with van der Waals surface area (Å²) in [5, 5.41) is 7.69. The van der Waals surface area contributed by atoms with Crippen LogP contribution in [0.5, 0.6) is 0 Å². The Kier molecular flexibility index (Phi) is 1.99. The van der Waals surface area contributed by atoms with Gasteiger partial charge in [0.25, 0.3) is 0 Å². The molecule has 3 rings (SSSR count). The van der Waals surface area contributed by atoms with Crippen LogP contribution >= 0.6 is 15.9 Å². The third kappa shape index (κ3) is 1.44. The maximum Gasteiger partial charge on any atom is 0.186 e. The third-order valence-corrected chi connectivity index (χ3v) is 4.17. The van der Waals surface area contributed by atoms with Crippen molar-refractivity contribution in [1.82, 2.24) is 15.0 Å². The van der Waals surface area contributed by atoms with Crippen molar-refractivity contribution in [3.63, 3.8) is 0 Å². The molecule has 2 aliphatic carbocycles. The van der Waals surface area contributed by atoms with E-state index in [2.05, 4.69) is 26.2 Å². The van der Waals surface area contributed by atoms with Crippen molar-refractivity contribution in [3.8, 4) is 0 Å². The number of halogens is 1. The highest BCUT2D eigenvalue weighted by Crippen LogP contribution is 2.55. The Balaban J connectivity index is 1.85. The first-order chi connectivity index (χ1) is 7.16. The van der Waals surface area contributed by atoms with Gasteiger partial charge in [0.2, 0.25) is 0 Å². The maximum absolute atomic E-state index is 12.2. The molecule has 15 heavy (non-hydrogen) atoms. The molecule has 2 fully saturated rings. The lowest BCUT2D eigenvalue weighted by Crippen LogP contribution is -2.17. The fourth-order valence-corrected chi connectivity index (χ4v) is 3.24. The first-order valence-electron chi connectivity index (χ1n) is 5.26. The first-order valence-corrected chi connectivity index (χ1v) is 6.05. The average molecular weight is 270 g/mol.